The standard InChI is InChI=1S/C17H24FN3O3/c1-4-17(12-9-11(19)5-6-13(12)18)7-8-23-14(21-17)10-16(2,3)24-15(20)22/h5-6,9H,4,7-8,10,19H2,1-3H3,(H2,20,22)/t17-/m0/s1. The maximum absolute atomic E-state index is 14.4. The number of primary amides is 1. The molecular weight excluding hydrogens is 313 g/mol. The number of amides is 1. The zero-order valence-corrected chi connectivity index (χ0v) is 14.3. The Balaban J connectivity index is 2.37. The van der Waals surface area contributed by atoms with Crippen LogP contribution in [0.4, 0.5) is 14.9 Å². The minimum Gasteiger partial charge on any atom is -0.481 e. The summed E-state index contributed by atoms with van der Waals surface area (Å²) in [5, 5.41) is 0. The SMILES string of the molecule is CC[C@@]1(c2cc(N)ccc2F)CCOC(CC(C)(C)OC(N)=O)=N1. The molecule has 1 aromatic carbocycles. The molecule has 1 heterocycles. The lowest BCUT2D eigenvalue weighted by Gasteiger charge is -2.35. The van der Waals surface area contributed by atoms with Crippen LogP contribution in [0, 0.1) is 5.82 Å². The first-order valence-electron chi connectivity index (χ1n) is 7.93. The van der Waals surface area contributed by atoms with Crippen LogP contribution in [0.5, 0.6) is 0 Å². The Morgan fingerprint density at radius 1 is 1.50 bits per heavy atom. The van der Waals surface area contributed by atoms with Crippen molar-refractivity contribution >= 4 is 17.7 Å². The van der Waals surface area contributed by atoms with Crippen LogP contribution < -0.4 is 11.5 Å². The molecule has 0 aromatic heterocycles. The molecular formula is C17H24FN3O3. The van der Waals surface area contributed by atoms with Gasteiger partial charge in [-0.3, -0.25) is 0 Å². The third-order valence-corrected chi connectivity index (χ3v) is 4.15. The smallest absolute Gasteiger partial charge is 0.405 e. The molecule has 1 aromatic rings. The van der Waals surface area contributed by atoms with E-state index in [0.29, 0.717) is 36.6 Å². The molecule has 0 radical (unpaired) electrons. The topological polar surface area (TPSA) is 99.9 Å². The number of rotatable bonds is 5. The minimum absolute atomic E-state index is 0.252. The highest BCUT2D eigenvalue weighted by molar-refractivity contribution is 5.79. The van der Waals surface area contributed by atoms with E-state index in [1.54, 1.807) is 19.9 Å². The Hall–Kier alpha value is -2.31. The van der Waals surface area contributed by atoms with Gasteiger partial charge in [-0.25, -0.2) is 14.2 Å². The van der Waals surface area contributed by atoms with Crippen molar-refractivity contribution in [3.63, 3.8) is 0 Å². The molecule has 6 nitrogen and oxygen atoms in total. The maximum atomic E-state index is 14.4. The van der Waals surface area contributed by atoms with Crippen molar-refractivity contribution in [1.29, 1.82) is 0 Å². The lowest BCUT2D eigenvalue weighted by Crippen LogP contribution is -2.38. The van der Waals surface area contributed by atoms with Crippen LogP contribution in [0.3, 0.4) is 0 Å². The number of hydrogen-bond acceptors (Lipinski definition) is 5. The Bertz CT molecular complexity index is 660. The summed E-state index contributed by atoms with van der Waals surface area (Å²) in [6.07, 6.45) is 0.531. The van der Waals surface area contributed by atoms with E-state index in [4.69, 9.17) is 20.9 Å². The quantitative estimate of drug-likeness (QED) is 0.806. The Morgan fingerprint density at radius 3 is 2.83 bits per heavy atom. The van der Waals surface area contributed by atoms with Crippen LogP contribution >= 0.6 is 0 Å². The van der Waals surface area contributed by atoms with E-state index >= 15 is 0 Å². The lowest BCUT2D eigenvalue weighted by molar-refractivity contribution is 0.0447. The molecule has 1 amide bonds. The van der Waals surface area contributed by atoms with E-state index in [-0.39, 0.29) is 12.2 Å². The highest BCUT2D eigenvalue weighted by Gasteiger charge is 2.38. The summed E-state index contributed by atoms with van der Waals surface area (Å²) < 4.78 is 25.1. The third kappa shape index (κ3) is 3.96. The predicted octanol–water partition coefficient (Wildman–Crippen LogP) is 3.10. The van der Waals surface area contributed by atoms with Crippen molar-refractivity contribution in [3.05, 3.63) is 29.6 Å². The van der Waals surface area contributed by atoms with Crippen molar-refractivity contribution in [2.24, 2.45) is 10.7 Å². The van der Waals surface area contributed by atoms with E-state index in [9.17, 15) is 9.18 Å². The second-order valence-corrected chi connectivity index (χ2v) is 6.59. The summed E-state index contributed by atoms with van der Waals surface area (Å²) in [7, 11) is 0. The molecule has 132 valence electrons. The number of benzene rings is 1. The van der Waals surface area contributed by atoms with Gasteiger partial charge in [0.25, 0.3) is 0 Å². The van der Waals surface area contributed by atoms with E-state index < -0.39 is 17.2 Å². The molecule has 0 bridgehead atoms. The molecule has 0 spiro atoms. The minimum atomic E-state index is -0.865. The number of aliphatic imine (C=N–C) groups is 1. The van der Waals surface area contributed by atoms with Crippen molar-refractivity contribution in [1.82, 2.24) is 0 Å². The Labute approximate surface area is 141 Å². The first-order valence-corrected chi connectivity index (χ1v) is 7.93. The van der Waals surface area contributed by atoms with Gasteiger partial charge in [0.2, 0.25) is 0 Å². The fourth-order valence-corrected chi connectivity index (χ4v) is 2.97. The predicted molar refractivity (Wildman–Crippen MR) is 90.1 cm³/mol. The molecule has 1 aliphatic rings. The average molecular weight is 337 g/mol. The lowest BCUT2D eigenvalue weighted by atomic mass is 9.83. The second kappa shape index (κ2) is 6.67. The molecule has 0 unspecified atom stereocenters. The molecule has 2 rings (SSSR count). The number of carbonyl (C=O) groups excluding carboxylic acids is 1. The number of hydrogen-bond donors (Lipinski definition) is 2. The Kier molecular flexibility index (Phi) is 5.01. The summed E-state index contributed by atoms with van der Waals surface area (Å²) in [6, 6.07) is 4.50. The highest BCUT2D eigenvalue weighted by Crippen LogP contribution is 2.39. The van der Waals surface area contributed by atoms with Crippen molar-refractivity contribution in [3.8, 4) is 0 Å². The van der Waals surface area contributed by atoms with Gasteiger partial charge in [-0.15, -0.1) is 0 Å². The molecule has 1 aliphatic heterocycles. The first kappa shape index (κ1) is 18.0. The van der Waals surface area contributed by atoms with Gasteiger partial charge in [0.1, 0.15) is 11.4 Å². The molecule has 0 fully saturated rings. The highest BCUT2D eigenvalue weighted by atomic mass is 19.1. The molecule has 0 aliphatic carbocycles. The number of carbonyl (C=O) groups is 1. The van der Waals surface area contributed by atoms with Gasteiger partial charge in [-0.2, -0.15) is 0 Å². The van der Waals surface area contributed by atoms with Gasteiger partial charge >= 0.3 is 6.09 Å². The van der Waals surface area contributed by atoms with Gasteiger partial charge < -0.3 is 20.9 Å². The van der Waals surface area contributed by atoms with Crippen LogP contribution in [-0.2, 0) is 15.0 Å². The van der Waals surface area contributed by atoms with Crippen molar-refractivity contribution in [2.45, 2.75) is 51.2 Å². The molecule has 0 saturated heterocycles. The van der Waals surface area contributed by atoms with E-state index in [2.05, 4.69) is 4.99 Å². The van der Waals surface area contributed by atoms with Crippen LogP contribution in [0.1, 0.15) is 45.6 Å². The summed E-state index contributed by atoms with van der Waals surface area (Å²) in [5.41, 5.74) is 10.2. The molecule has 0 saturated carbocycles. The van der Waals surface area contributed by atoms with Crippen LogP contribution in [0.25, 0.3) is 0 Å². The monoisotopic (exact) mass is 337 g/mol. The molecule has 24 heavy (non-hydrogen) atoms. The number of nitrogen functional groups attached to an aromatic ring is 1. The summed E-state index contributed by atoms with van der Waals surface area (Å²) >= 11 is 0. The number of halogens is 1. The zero-order chi connectivity index (χ0) is 18.0. The summed E-state index contributed by atoms with van der Waals surface area (Å²) in [4.78, 5) is 15.7. The number of nitrogens with zero attached hydrogens (tertiary/aromatic N) is 1. The van der Waals surface area contributed by atoms with Crippen LogP contribution in [-0.4, -0.2) is 24.2 Å². The van der Waals surface area contributed by atoms with Gasteiger partial charge in [-0.1, -0.05) is 6.92 Å². The number of nitrogens with two attached hydrogens (primary N) is 2. The number of anilines is 1. The first-order chi connectivity index (χ1) is 11.2. The Morgan fingerprint density at radius 2 is 2.21 bits per heavy atom. The maximum Gasteiger partial charge on any atom is 0.405 e. The molecule has 7 heteroatoms. The summed E-state index contributed by atoms with van der Waals surface area (Å²) in [5.74, 6) is 0.0693. The zero-order valence-electron chi connectivity index (χ0n) is 14.3. The van der Waals surface area contributed by atoms with Crippen LogP contribution in [0.2, 0.25) is 0 Å². The van der Waals surface area contributed by atoms with Gasteiger partial charge in [0.05, 0.1) is 18.6 Å². The van der Waals surface area contributed by atoms with Gasteiger partial charge in [0.15, 0.2) is 5.90 Å². The fraction of sp³-hybridized carbons (Fsp3) is 0.529. The average Bonchev–Trinajstić information content (AvgIpc) is 2.48. The van der Waals surface area contributed by atoms with Crippen molar-refractivity contribution in [2.75, 3.05) is 12.3 Å². The molecule has 4 N–H and O–H groups in total. The van der Waals surface area contributed by atoms with E-state index in [1.165, 1.54) is 12.1 Å². The number of ether oxygens (including phenoxy) is 2. The third-order valence-electron chi connectivity index (χ3n) is 4.15. The van der Waals surface area contributed by atoms with Gasteiger partial charge in [0, 0.05) is 17.7 Å². The van der Waals surface area contributed by atoms with Gasteiger partial charge in [-0.05, 0) is 38.5 Å². The van der Waals surface area contributed by atoms with E-state index in [0.717, 1.165) is 0 Å². The molecule has 1 atom stereocenters. The van der Waals surface area contributed by atoms with Crippen LogP contribution in [0.15, 0.2) is 23.2 Å². The van der Waals surface area contributed by atoms with Crippen molar-refractivity contribution < 1.29 is 18.7 Å². The normalized spacial score (nSPS) is 20.9. The fourth-order valence-electron chi connectivity index (χ4n) is 2.97. The summed E-state index contributed by atoms with van der Waals surface area (Å²) in [6.45, 7) is 5.77. The van der Waals surface area contributed by atoms with E-state index in [1.807, 2.05) is 6.92 Å². The second-order valence-electron chi connectivity index (χ2n) is 6.59. The largest absolute Gasteiger partial charge is 0.481 e.